The quantitative estimate of drug-likeness (QED) is 0.586. The molecule has 0 bridgehead atoms. The van der Waals surface area contributed by atoms with Crippen LogP contribution in [0.1, 0.15) is 13.3 Å². The number of nitrogens with one attached hydrogen (secondary N) is 1. The zero-order valence-corrected chi connectivity index (χ0v) is 8.56. The fourth-order valence-corrected chi connectivity index (χ4v) is 2.06. The van der Waals surface area contributed by atoms with Crippen molar-refractivity contribution in [2.75, 3.05) is 6.54 Å². The Labute approximate surface area is 87.8 Å². The van der Waals surface area contributed by atoms with E-state index in [1.807, 2.05) is 0 Å². The first-order valence-electron chi connectivity index (χ1n) is 4.77. The summed E-state index contributed by atoms with van der Waals surface area (Å²) in [4.78, 5) is 21.5. The lowest BCUT2D eigenvalue weighted by atomic mass is 9.84. The Hall–Kier alpha value is -1.36. The third-order valence-electron chi connectivity index (χ3n) is 2.81. The molecule has 84 valence electrons. The smallest absolute Gasteiger partial charge is 0.321 e. The molecule has 1 fully saturated rings. The van der Waals surface area contributed by atoms with Crippen molar-refractivity contribution in [1.29, 1.82) is 0 Å². The fourth-order valence-electron chi connectivity index (χ4n) is 2.06. The van der Waals surface area contributed by atoms with Crippen LogP contribution in [0.15, 0.2) is 12.2 Å². The molecule has 1 aliphatic rings. The van der Waals surface area contributed by atoms with Crippen molar-refractivity contribution < 1.29 is 19.8 Å². The summed E-state index contributed by atoms with van der Waals surface area (Å²) in [5, 5.41) is 20.5. The van der Waals surface area contributed by atoms with Gasteiger partial charge in [-0.2, -0.15) is 0 Å². The maximum Gasteiger partial charge on any atom is 0.321 e. The summed E-state index contributed by atoms with van der Waals surface area (Å²) in [5.41, 5.74) is 0.831. The van der Waals surface area contributed by atoms with E-state index in [1.54, 1.807) is 6.92 Å². The lowest BCUT2D eigenvalue weighted by Gasteiger charge is -2.19. The Bertz CT molecular complexity index is 278. The van der Waals surface area contributed by atoms with E-state index in [-0.39, 0.29) is 12.3 Å². The lowest BCUT2D eigenvalue weighted by molar-refractivity contribution is -0.142. The van der Waals surface area contributed by atoms with Crippen molar-refractivity contribution in [2.24, 2.45) is 11.8 Å². The predicted molar refractivity (Wildman–Crippen MR) is 53.5 cm³/mol. The van der Waals surface area contributed by atoms with Gasteiger partial charge in [-0.25, -0.2) is 0 Å². The molecule has 3 N–H and O–H groups in total. The van der Waals surface area contributed by atoms with Crippen LogP contribution in [0.3, 0.4) is 0 Å². The first kappa shape index (κ1) is 11.7. The van der Waals surface area contributed by atoms with Gasteiger partial charge in [-0.05, 0) is 12.8 Å². The van der Waals surface area contributed by atoms with Gasteiger partial charge in [0, 0.05) is 12.5 Å². The lowest BCUT2D eigenvalue weighted by Crippen LogP contribution is -2.36. The van der Waals surface area contributed by atoms with E-state index in [2.05, 4.69) is 11.9 Å². The molecule has 1 rings (SSSR count). The van der Waals surface area contributed by atoms with Crippen LogP contribution in [0.5, 0.6) is 0 Å². The zero-order valence-electron chi connectivity index (χ0n) is 8.56. The van der Waals surface area contributed by atoms with E-state index < -0.39 is 23.9 Å². The van der Waals surface area contributed by atoms with Gasteiger partial charge in [-0.15, -0.1) is 0 Å². The molecule has 5 nitrogen and oxygen atoms in total. The highest BCUT2D eigenvalue weighted by Gasteiger charge is 2.41. The van der Waals surface area contributed by atoms with Gasteiger partial charge in [0.1, 0.15) is 6.04 Å². The van der Waals surface area contributed by atoms with Gasteiger partial charge >= 0.3 is 11.9 Å². The molecule has 0 aliphatic carbocycles. The summed E-state index contributed by atoms with van der Waals surface area (Å²) in [7, 11) is 0. The average Bonchev–Trinajstić information content (AvgIpc) is 2.46. The number of carboxylic acids is 2. The highest BCUT2D eigenvalue weighted by Crippen LogP contribution is 2.30. The largest absolute Gasteiger partial charge is 0.481 e. The maximum absolute atomic E-state index is 10.9. The SMILES string of the molecule is C=C(C)[C@@H]1CNC(C(=O)O)[C@@H]1CC(=O)O. The molecular weight excluding hydrogens is 198 g/mol. The molecule has 0 aromatic rings. The van der Waals surface area contributed by atoms with Gasteiger partial charge in [0.2, 0.25) is 0 Å². The van der Waals surface area contributed by atoms with E-state index >= 15 is 0 Å². The van der Waals surface area contributed by atoms with Gasteiger partial charge < -0.3 is 15.5 Å². The molecule has 0 aromatic carbocycles. The number of carbonyl (C=O) groups is 2. The van der Waals surface area contributed by atoms with Crippen LogP contribution in [0.4, 0.5) is 0 Å². The van der Waals surface area contributed by atoms with Gasteiger partial charge in [0.05, 0.1) is 6.42 Å². The monoisotopic (exact) mass is 213 g/mol. The third kappa shape index (κ3) is 2.56. The summed E-state index contributed by atoms with van der Waals surface area (Å²) in [6.45, 7) is 6.05. The highest BCUT2D eigenvalue weighted by molar-refractivity contribution is 5.76. The molecule has 1 unspecified atom stereocenters. The van der Waals surface area contributed by atoms with Crippen LogP contribution in [-0.4, -0.2) is 34.7 Å². The van der Waals surface area contributed by atoms with Crippen LogP contribution in [0.2, 0.25) is 0 Å². The molecule has 0 spiro atoms. The van der Waals surface area contributed by atoms with E-state index in [1.165, 1.54) is 0 Å². The van der Waals surface area contributed by atoms with Gasteiger partial charge in [0.25, 0.3) is 0 Å². The number of carboxylic acid groups (broad SMARTS) is 2. The molecule has 5 heteroatoms. The summed E-state index contributed by atoms with van der Waals surface area (Å²) in [6, 6.07) is -0.775. The first-order chi connectivity index (χ1) is 6.93. The van der Waals surface area contributed by atoms with Crippen molar-refractivity contribution in [1.82, 2.24) is 5.32 Å². The molecule has 1 saturated heterocycles. The second kappa shape index (κ2) is 4.44. The Morgan fingerprint density at radius 1 is 1.47 bits per heavy atom. The number of hydrogen-bond acceptors (Lipinski definition) is 3. The van der Waals surface area contributed by atoms with Gasteiger partial charge in [-0.3, -0.25) is 9.59 Å². The number of rotatable bonds is 4. The third-order valence-corrected chi connectivity index (χ3v) is 2.81. The second-order valence-electron chi connectivity index (χ2n) is 3.94. The maximum atomic E-state index is 10.9. The molecule has 1 heterocycles. The van der Waals surface area contributed by atoms with Crippen molar-refractivity contribution in [3.8, 4) is 0 Å². The molecule has 3 atom stereocenters. The van der Waals surface area contributed by atoms with Gasteiger partial charge in [0.15, 0.2) is 0 Å². The molecule has 0 amide bonds. The van der Waals surface area contributed by atoms with E-state index in [9.17, 15) is 9.59 Å². The summed E-state index contributed by atoms with van der Waals surface area (Å²) >= 11 is 0. The van der Waals surface area contributed by atoms with Crippen LogP contribution >= 0.6 is 0 Å². The average molecular weight is 213 g/mol. The van der Waals surface area contributed by atoms with Crippen molar-refractivity contribution in [2.45, 2.75) is 19.4 Å². The Morgan fingerprint density at radius 2 is 2.07 bits per heavy atom. The van der Waals surface area contributed by atoms with Crippen molar-refractivity contribution in [3.05, 3.63) is 12.2 Å². The summed E-state index contributed by atoms with van der Waals surface area (Å²) in [6.07, 6.45) is -0.137. The van der Waals surface area contributed by atoms with Crippen molar-refractivity contribution in [3.63, 3.8) is 0 Å². The standard InChI is InChI=1S/C10H15NO4/c1-5(2)7-4-11-9(10(14)15)6(7)3-8(12)13/h6-7,9,11H,1,3-4H2,2H3,(H,12,13)(H,14,15)/t6-,7+,9?/m1/s1. The molecule has 1 aliphatic heterocycles. The van der Waals surface area contributed by atoms with E-state index in [0.717, 1.165) is 5.57 Å². The number of aliphatic carboxylic acids is 2. The molecular formula is C10H15NO4. The Morgan fingerprint density at radius 3 is 2.47 bits per heavy atom. The fraction of sp³-hybridized carbons (Fsp3) is 0.600. The minimum absolute atomic E-state index is 0.0674. The van der Waals surface area contributed by atoms with Crippen LogP contribution in [0.25, 0.3) is 0 Å². The first-order valence-corrected chi connectivity index (χ1v) is 4.77. The van der Waals surface area contributed by atoms with Crippen LogP contribution in [-0.2, 0) is 9.59 Å². The highest BCUT2D eigenvalue weighted by atomic mass is 16.4. The van der Waals surface area contributed by atoms with Crippen molar-refractivity contribution >= 4 is 11.9 Å². The van der Waals surface area contributed by atoms with E-state index in [4.69, 9.17) is 10.2 Å². The van der Waals surface area contributed by atoms with Crippen LogP contribution in [0, 0.1) is 11.8 Å². The normalized spacial score (nSPS) is 30.1. The summed E-state index contributed by atoms with van der Waals surface area (Å²) < 4.78 is 0. The molecule has 15 heavy (non-hydrogen) atoms. The predicted octanol–water partition coefficient (Wildman–Crippen LogP) is 0.326. The Kier molecular flexibility index (Phi) is 3.47. The second-order valence-corrected chi connectivity index (χ2v) is 3.94. The van der Waals surface area contributed by atoms with Gasteiger partial charge in [-0.1, -0.05) is 12.2 Å². The molecule has 0 aromatic heterocycles. The van der Waals surface area contributed by atoms with E-state index in [0.29, 0.717) is 6.54 Å². The minimum atomic E-state index is -0.995. The topological polar surface area (TPSA) is 86.6 Å². The Balaban J connectivity index is 2.82. The number of hydrogen-bond donors (Lipinski definition) is 3. The minimum Gasteiger partial charge on any atom is -0.481 e. The summed E-state index contributed by atoms with van der Waals surface area (Å²) in [5.74, 6) is -2.44. The molecule has 0 radical (unpaired) electrons. The molecule has 0 saturated carbocycles. The van der Waals surface area contributed by atoms with Crippen LogP contribution < -0.4 is 5.32 Å². The zero-order chi connectivity index (χ0) is 11.6.